The van der Waals surface area contributed by atoms with Gasteiger partial charge in [-0.2, -0.15) is 5.10 Å². The quantitative estimate of drug-likeness (QED) is 0.744. The van der Waals surface area contributed by atoms with Gasteiger partial charge in [0.05, 0.1) is 12.3 Å². The summed E-state index contributed by atoms with van der Waals surface area (Å²) in [7, 11) is 3.79. The maximum absolute atomic E-state index is 5.09. The Morgan fingerprint density at radius 2 is 2.10 bits per heavy atom. The lowest BCUT2D eigenvalue weighted by Crippen LogP contribution is -2.35. The van der Waals surface area contributed by atoms with Crippen LogP contribution in [0.4, 0.5) is 0 Å². The van der Waals surface area contributed by atoms with E-state index in [2.05, 4.69) is 44.2 Å². The zero-order chi connectivity index (χ0) is 15.2. The maximum atomic E-state index is 5.09. The van der Waals surface area contributed by atoms with Crippen molar-refractivity contribution in [1.29, 1.82) is 0 Å². The van der Waals surface area contributed by atoms with Crippen molar-refractivity contribution < 1.29 is 4.74 Å². The summed E-state index contributed by atoms with van der Waals surface area (Å²) in [6, 6.07) is 2.24. The fourth-order valence-corrected chi connectivity index (χ4v) is 2.32. The molecule has 1 unspecified atom stereocenters. The van der Waals surface area contributed by atoms with E-state index in [4.69, 9.17) is 4.74 Å². The Bertz CT molecular complexity index is 393. The molecule has 0 aromatic carbocycles. The molecule has 1 heterocycles. The Labute approximate surface area is 123 Å². The average molecular weight is 281 g/mol. The molecule has 0 aliphatic heterocycles. The van der Waals surface area contributed by atoms with Crippen LogP contribution in [0.15, 0.2) is 6.07 Å². The highest BCUT2D eigenvalue weighted by molar-refractivity contribution is 5.11. The lowest BCUT2D eigenvalue weighted by molar-refractivity contribution is 0.185. The van der Waals surface area contributed by atoms with Crippen molar-refractivity contribution in [2.45, 2.75) is 40.5 Å². The van der Waals surface area contributed by atoms with E-state index in [9.17, 15) is 0 Å². The van der Waals surface area contributed by atoms with Crippen molar-refractivity contribution in [1.82, 2.24) is 15.1 Å². The molecule has 4 heteroatoms. The lowest BCUT2D eigenvalue weighted by atomic mass is 9.78. The van der Waals surface area contributed by atoms with Crippen LogP contribution in [0.2, 0.25) is 0 Å². The van der Waals surface area contributed by atoms with Crippen LogP contribution in [-0.4, -0.2) is 36.6 Å². The van der Waals surface area contributed by atoms with Gasteiger partial charge in [0.1, 0.15) is 0 Å². The van der Waals surface area contributed by atoms with Gasteiger partial charge < -0.3 is 10.1 Å². The van der Waals surface area contributed by atoms with Crippen LogP contribution in [0.1, 0.15) is 39.1 Å². The fraction of sp³-hybridized carbons (Fsp3) is 0.812. The Balaban J connectivity index is 2.66. The molecule has 0 saturated heterocycles. The van der Waals surface area contributed by atoms with Crippen LogP contribution < -0.4 is 5.32 Å². The summed E-state index contributed by atoms with van der Waals surface area (Å²) in [5, 5.41) is 8.05. The van der Waals surface area contributed by atoms with E-state index in [1.807, 2.05) is 11.7 Å². The first-order chi connectivity index (χ1) is 9.38. The van der Waals surface area contributed by atoms with Gasteiger partial charge in [-0.3, -0.25) is 4.68 Å². The van der Waals surface area contributed by atoms with Gasteiger partial charge in [-0.1, -0.05) is 27.7 Å². The van der Waals surface area contributed by atoms with Crippen molar-refractivity contribution >= 4 is 0 Å². The Morgan fingerprint density at radius 3 is 2.60 bits per heavy atom. The number of methoxy groups -OCH3 is 1. The molecule has 0 spiro atoms. The average Bonchev–Trinajstić information content (AvgIpc) is 2.72. The van der Waals surface area contributed by atoms with Crippen molar-refractivity contribution in [2.75, 3.05) is 26.8 Å². The van der Waals surface area contributed by atoms with Gasteiger partial charge in [-0.15, -0.1) is 0 Å². The van der Waals surface area contributed by atoms with Crippen LogP contribution in [-0.2, 0) is 24.6 Å². The van der Waals surface area contributed by atoms with E-state index >= 15 is 0 Å². The second-order valence-corrected chi connectivity index (χ2v) is 6.57. The van der Waals surface area contributed by atoms with Crippen LogP contribution in [0, 0.1) is 11.3 Å². The highest BCUT2D eigenvalue weighted by Gasteiger charge is 2.25. The highest BCUT2D eigenvalue weighted by atomic mass is 16.5. The topological polar surface area (TPSA) is 39.1 Å². The molecule has 0 aliphatic rings. The number of hydrogen-bond acceptors (Lipinski definition) is 3. The molecule has 116 valence electrons. The van der Waals surface area contributed by atoms with Gasteiger partial charge in [0.15, 0.2) is 0 Å². The third-order valence-corrected chi connectivity index (χ3v) is 3.94. The minimum atomic E-state index is 0.275. The van der Waals surface area contributed by atoms with E-state index in [1.165, 1.54) is 11.4 Å². The summed E-state index contributed by atoms with van der Waals surface area (Å²) >= 11 is 0. The van der Waals surface area contributed by atoms with Crippen molar-refractivity contribution in [3.8, 4) is 0 Å². The molecule has 0 fully saturated rings. The first kappa shape index (κ1) is 17.2. The third kappa shape index (κ3) is 5.25. The molecular formula is C16H31N3O. The summed E-state index contributed by atoms with van der Waals surface area (Å²) in [4.78, 5) is 0. The number of nitrogens with zero attached hydrogens (tertiary/aromatic N) is 2. The molecule has 1 aromatic heterocycles. The summed E-state index contributed by atoms with van der Waals surface area (Å²) < 4.78 is 7.12. The minimum absolute atomic E-state index is 0.275. The number of aromatic nitrogens is 2. The minimum Gasteiger partial charge on any atom is -0.383 e. The zero-order valence-electron chi connectivity index (χ0n) is 14.0. The fourth-order valence-electron chi connectivity index (χ4n) is 2.32. The number of rotatable bonds is 8. The largest absolute Gasteiger partial charge is 0.383 e. The molecule has 1 N–H and O–H groups in total. The third-order valence-electron chi connectivity index (χ3n) is 3.94. The van der Waals surface area contributed by atoms with Gasteiger partial charge in [0, 0.05) is 26.4 Å². The van der Waals surface area contributed by atoms with Crippen molar-refractivity contribution in [3.05, 3.63) is 17.5 Å². The molecule has 0 aliphatic carbocycles. The smallest absolute Gasteiger partial charge is 0.0624 e. The second-order valence-electron chi connectivity index (χ2n) is 6.57. The molecule has 1 atom stereocenters. The SMILES string of the molecule is CCc1cc(CC(CNCCOC)C(C)(C)C)n(C)n1. The molecule has 4 nitrogen and oxygen atoms in total. The molecule has 0 saturated carbocycles. The van der Waals surface area contributed by atoms with E-state index in [0.29, 0.717) is 5.92 Å². The normalized spacial score (nSPS) is 13.7. The van der Waals surface area contributed by atoms with Gasteiger partial charge in [-0.25, -0.2) is 0 Å². The van der Waals surface area contributed by atoms with Crippen molar-refractivity contribution in [3.63, 3.8) is 0 Å². The van der Waals surface area contributed by atoms with Gasteiger partial charge >= 0.3 is 0 Å². The molecule has 0 amide bonds. The second kappa shape index (κ2) is 7.79. The molecule has 1 rings (SSSR count). The standard InChI is InChI=1S/C16H31N3O/c1-7-14-11-15(19(5)18-14)10-13(16(2,3)4)12-17-8-9-20-6/h11,13,17H,7-10,12H2,1-6H3. The van der Waals surface area contributed by atoms with E-state index < -0.39 is 0 Å². The summed E-state index contributed by atoms with van der Waals surface area (Å²) in [5.41, 5.74) is 2.79. The van der Waals surface area contributed by atoms with E-state index in [-0.39, 0.29) is 5.41 Å². The molecule has 0 bridgehead atoms. The molecule has 1 aromatic rings. The number of hydrogen-bond donors (Lipinski definition) is 1. The Morgan fingerprint density at radius 1 is 1.40 bits per heavy atom. The molecule has 20 heavy (non-hydrogen) atoms. The first-order valence-electron chi connectivity index (χ1n) is 7.60. The molecule has 0 radical (unpaired) electrons. The molecular weight excluding hydrogens is 250 g/mol. The highest BCUT2D eigenvalue weighted by Crippen LogP contribution is 2.28. The van der Waals surface area contributed by atoms with Gasteiger partial charge in [-0.05, 0) is 36.8 Å². The predicted molar refractivity (Wildman–Crippen MR) is 84.0 cm³/mol. The first-order valence-corrected chi connectivity index (χ1v) is 7.60. The van der Waals surface area contributed by atoms with Gasteiger partial charge in [0.2, 0.25) is 0 Å². The number of nitrogens with one attached hydrogen (secondary N) is 1. The summed E-state index contributed by atoms with van der Waals surface area (Å²) in [5.74, 6) is 0.583. The van der Waals surface area contributed by atoms with Crippen molar-refractivity contribution in [2.24, 2.45) is 18.4 Å². The zero-order valence-corrected chi connectivity index (χ0v) is 14.0. The van der Waals surface area contributed by atoms with Crippen LogP contribution in [0.3, 0.4) is 0 Å². The number of ether oxygens (including phenoxy) is 1. The van der Waals surface area contributed by atoms with E-state index in [1.54, 1.807) is 7.11 Å². The van der Waals surface area contributed by atoms with Crippen LogP contribution in [0.5, 0.6) is 0 Å². The van der Waals surface area contributed by atoms with Gasteiger partial charge in [0.25, 0.3) is 0 Å². The van der Waals surface area contributed by atoms with E-state index in [0.717, 1.165) is 32.5 Å². The van der Waals surface area contributed by atoms with Crippen LogP contribution in [0.25, 0.3) is 0 Å². The summed E-state index contributed by atoms with van der Waals surface area (Å²) in [6.45, 7) is 11.8. The lowest BCUT2D eigenvalue weighted by Gasteiger charge is -2.31. The Kier molecular flexibility index (Phi) is 6.69. The summed E-state index contributed by atoms with van der Waals surface area (Å²) in [6.07, 6.45) is 2.06. The van der Waals surface area contributed by atoms with Crippen LogP contribution >= 0.6 is 0 Å². The Hall–Kier alpha value is -0.870. The monoisotopic (exact) mass is 281 g/mol. The predicted octanol–water partition coefficient (Wildman–Crippen LogP) is 2.42. The number of aryl methyl sites for hydroxylation is 2. The maximum Gasteiger partial charge on any atom is 0.0624 e.